The fourth-order valence-electron chi connectivity index (χ4n) is 2.79. The monoisotopic (exact) mass is 319 g/mol. The van der Waals surface area contributed by atoms with Crippen molar-refractivity contribution in [3.8, 4) is 11.5 Å². The molecule has 0 radical (unpaired) electrons. The van der Waals surface area contributed by atoms with Gasteiger partial charge >= 0.3 is 0 Å². The number of nitrogens with one attached hydrogen (secondary N) is 2. The number of aromatic amines is 1. The number of carbonyl (C=O) groups excluding carboxylic acids is 1. The molecule has 0 saturated heterocycles. The second-order valence-electron chi connectivity index (χ2n) is 6.11. The second kappa shape index (κ2) is 5.53. The number of carbonyl (C=O) groups is 1. The Morgan fingerprint density at radius 1 is 1.17 bits per heavy atom. The molecule has 0 saturated carbocycles. The third-order valence-electron chi connectivity index (χ3n) is 3.90. The van der Waals surface area contributed by atoms with Crippen molar-refractivity contribution in [2.45, 2.75) is 19.9 Å². The molecule has 2 N–H and O–H groups in total. The third-order valence-corrected chi connectivity index (χ3v) is 3.90. The highest BCUT2D eigenvalue weighted by Gasteiger charge is 2.15. The van der Waals surface area contributed by atoms with Crippen LogP contribution in [0.1, 0.15) is 24.2 Å². The molecule has 0 spiro atoms. The fourth-order valence-corrected chi connectivity index (χ4v) is 2.79. The summed E-state index contributed by atoms with van der Waals surface area (Å²) in [5.74, 6) is 0.590. The first kappa shape index (κ1) is 14.5. The summed E-state index contributed by atoms with van der Waals surface area (Å²) in [6.45, 7) is 3.88. The Bertz CT molecular complexity index is 1010. The van der Waals surface area contributed by atoms with Gasteiger partial charge in [0.2, 0.25) is 0 Å². The van der Waals surface area contributed by atoms with E-state index in [-0.39, 0.29) is 11.9 Å². The summed E-state index contributed by atoms with van der Waals surface area (Å²) in [5, 5.41) is 12.2. The molecule has 1 amide bonds. The minimum atomic E-state index is -0.0938. The van der Waals surface area contributed by atoms with Gasteiger partial charge in [-0.25, -0.2) is 0 Å². The molecule has 120 valence electrons. The normalized spacial score (nSPS) is 11.5. The fraction of sp³-hybridized carbons (Fsp3) is 0.158. The van der Waals surface area contributed by atoms with Gasteiger partial charge in [-0.3, -0.25) is 9.89 Å². The van der Waals surface area contributed by atoms with Crippen LogP contribution in [0.15, 0.2) is 52.9 Å². The van der Waals surface area contributed by atoms with Crippen molar-refractivity contribution < 1.29 is 9.21 Å². The Morgan fingerprint density at radius 3 is 2.79 bits per heavy atom. The number of hydrogen-bond donors (Lipinski definition) is 2. The Morgan fingerprint density at radius 2 is 2.00 bits per heavy atom. The number of aromatic nitrogens is 2. The predicted octanol–water partition coefficient (Wildman–Crippen LogP) is 4.11. The van der Waals surface area contributed by atoms with Gasteiger partial charge in [0.25, 0.3) is 5.91 Å². The number of furan rings is 1. The van der Waals surface area contributed by atoms with Crippen LogP contribution in [-0.2, 0) is 0 Å². The Labute approximate surface area is 138 Å². The molecule has 0 aliphatic heterocycles. The van der Waals surface area contributed by atoms with E-state index in [4.69, 9.17) is 4.42 Å². The van der Waals surface area contributed by atoms with Gasteiger partial charge in [0.15, 0.2) is 5.76 Å². The zero-order valence-electron chi connectivity index (χ0n) is 13.5. The molecule has 0 aliphatic carbocycles. The smallest absolute Gasteiger partial charge is 0.251 e. The van der Waals surface area contributed by atoms with Gasteiger partial charge in [-0.15, -0.1) is 0 Å². The van der Waals surface area contributed by atoms with Crippen molar-refractivity contribution in [2.24, 2.45) is 0 Å². The van der Waals surface area contributed by atoms with Crippen LogP contribution >= 0.6 is 0 Å². The second-order valence-corrected chi connectivity index (χ2v) is 6.11. The van der Waals surface area contributed by atoms with E-state index < -0.39 is 0 Å². The number of benzene rings is 2. The van der Waals surface area contributed by atoms with E-state index in [2.05, 4.69) is 15.5 Å². The molecule has 24 heavy (non-hydrogen) atoms. The van der Waals surface area contributed by atoms with E-state index in [1.807, 2.05) is 56.3 Å². The molecule has 2 heterocycles. The molecular formula is C19H17N3O2. The lowest BCUT2D eigenvalue weighted by Gasteiger charge is -2.08. The quantitative estimate of drug-likeness (QED) is 0.597. The van der Waals surface area contributed by atoms with Crippen molar-refractivity contribution in [1.82, 2.24) is 15.5 Å². The van der Waals surface area contributed by atoms with Crippen LogP contribution in [-0.4, -0.2) is 22.1 Å². The van der Waals surface area contributed by atoms with Crippen LogP contribution in [0.4, 0.5) is 0 Å². The van der Waals surface area contributed by atoms with Crippen LogP contribution in [0.2, 0.25) is 0 Å². The first-order valence-electron chi connectivity index (χ1n) is 7.90. The van der Waals surface area contributed by atoms with Crippen molar-refractivity contribution in [3.05, 3.63) is 54.1 Å². The molecule has 4 aromatic rings. The van der Waals surface area contributed by atoms with Gasteiger partial charge in [-0.2, -0.15) is 5.10 Å². The average Bonchev–Trinajstić information content (AvgIpc) is 3.16. The van der Waals surface area contributed by atoms with E-state index in [0.717, 1.165) is 21.9 Å². The first-order chi connectivity index (χ1) is 11.6. The van der Waals surface area contributed by atoms with Gasteiger partial charge in [-0.05, 0) is 44.2 Å². The van der Waals surface area contributed by atoms with E-state index >= 15 is 0 Å². The lowest BCUT2D eigenvalue weighted by molar-refractivity contribution is 0.0943. The van der Waals surface area contributed by atoms with Crippen LogP contribution < -0.4 is 5.32 Å². The summed E-state index contributed by atoms with van der Waals surface area (Å²) < 4.78 is 5.90. The lowest BCUT2D eigenvalue weighted by atomic mass is 10.1. The van der Waals surface area contributed by atoms with Gasteiger partial charge in [-0.1, -0.05) is 18.2 Å². The highest BCUT2D eigenvalue weighted by atomic mass is 16.3. The van der Waals surface area contributed by atoms with Crippen molar-refractivity contribution >= 4 is 27.8 Å². The minimum absolute atomic E-state index is 0.0902. The minimum Gasteiger partial charge on any atom is -0.454 e. The van der Waals surface area contributed by atoms with E-state index in [1.54, 1.807) is 6.07 Å². The summed E-state index contributed by atoms with van der Waals surface area (Å²) in [6, 6.07) is 15.4. The van der Waals surface area contributed by atoms with E-state index in [9.17, 15) is 4.79 Å². The highest BCUT2D eigenvalue weighted by molar-refractivity contribution is 6.01. The number of hydrogen-bond acceptors (Lipinski definition) is 3. The van der Waals surface area contributed by atoms with Crippen molar-refractivity contribution in [1.29, 1.82) is 0 Å². The van der Waals surface area contributed by atoms with Crippen molar-refractivity contribution in [2.75, 3.05) is 0 Å². The standard InChI is InChI=1S/C19H17N3O2/c1-11(2)20-19(23)13-7-8-15-14(9-13)18(22-21-15)17-10-12-5-3-4-6-16(12)24-17/h3-11H,1-2H3,(H,20,23)(H,21,22). The maximum absolute atomic E-state index is 12.2. The maximum Gasteiger partial charge on any atom is 0.251 e. The predicted molar refractivity (Wildman–Crippen MR) is 93.9 cm³/mol. The SMILES string of the molecule is CC(C)NC(=O)c1ccc2[nH]nc(-c3cc4ccccc4o3)c2c1. The first-order valence-corrected chi connectivity index (χ1v) is 7.90. The Kier molecular flexibility index (Phi) is 3.34. The summed E-state index contributed by atoms with van der Waals surface area (Å²) >= 11 is 0. The van der Waals surface area contributed by atoms with Crippen LogP contribution in [0.5, 0.6) is 0 Å². The van der Waals surface area contributed by atoms with Crippen LogP contribution in [0, 0.1) is 0 Å². The number of rotatable bonds is 3. The average molecular weight is 319 g/mol. The molecule has 2 aromatic carbocycles. The van der Waals surface area contributed by atoms with Crippen LogP contribution in [0.3, 0.4) is 0 Å². The summed E-state index contributed by atoms with van der Waals surface area (Å²) in [5.41, 5.74) is 3.00. The molecule has 0 aliphatic rings. The van der Waals surface area contributed by atoms with E-state index in [1.165, 1.54) is 0 Å². The molecular weight excluding hydrogens is 302 g/mol. The molecule has 0 fully saturated rings. The molecule has 2 aromatic heterocycles. The lowest BCUT2D eigenvalue weighted by Crippen LogP contribution is -2.29. The van der Waals surface area contributed by atoms with Crippen LogP contribution in [0.25, 0.3) is 33.3 Å². The molecule has 5 nitrogen and oxygen atoms in total. The number of fused-ring (bicyclic) bond motifs is 2. The molecule has 0 unspecified atom stereocenters. The number of amides is 1. The van der Waals surface area contributed by atoms with Crippen molar-refractivity contribution in [3.63, 3.8) is 0 Å². The highest BCUT2D eigenvalue weighted by Crippen LogP contribution is 2.31. The van der Waals surface area contributed by atoms with Gasteiger partial charge in [0, 0.05) is 22.4 Å². The number of nitrogens with zero attached hydrogens (tertiary/aromatic N) is 1. The number of H-pyrrole nitrogens is 1. The Balaban J connectivity index is 1.82. The summed E-state index contributed by atoms with van der Waals surface area (Å²) in [7, 11) is 0. The summed E-state index contributed by atoms with van der Waals surface area (Å²) in [4.78, 5) is 12.2. The van der Waals surface area contributed by atoms with E-state index in [0.29, 0.717) is 17.0 Å². The zero-order valence-corrected chi connectivity index (χ0v) is 13.5. The maximum atomic E-state index is 12.2. The van der Waals surface area contributed by atoms with Gasteiger partial charge in [0.05, 0.1) is 5.52 Å². The topological polar surface area (TPSA) is 70.9 Å². The Hall–Kier alpha value is -3.08. The molecule has 4 rings (SSSR count). The van der Waals surface area contributed by atoms with Gasteiger partial charge in [0.1, 0.15) is 11.3 Å². The third kappa shape index (κ3) is 2.44. The zero-order chi connectivity index (χ0) is 16.7. The molecule has 5 heteroatoms. The van der Waals surface area contributed by atoms with Gasteiger partial charge < -0.3 is 9.73 Å². The largest absolute Gasteiger partial charge is 0.454 e. The molecule has 0 bridgehead atoms. The summed E-state index contributed by atoms with van der Waals surface area (Å²) in [6.07, 6.45) is 0. The molecule has 0 atom stereocenters. The number of para-hydroxylation sites is 1.